The van der Waals surface area contributed by atoms with Crippen LogP contribution < -0.4 is 11.1 Å². The molecule has 0 aliphatic heterocycles. The minimum Gasteiger partial charge on any atom is -0.444 e. The lowest BCUT2D eigenvalue weighted by Gasteiger charge is -2.38. The summed E-state index contributed by atoms with van der Waals surface area (Å²) < 4.78 is 5.48. The van der Waals surface area contributed by atoms with Gasteiger partial charge in [0.15, 0.2) is 0 Å². The van der Waals surface area contributed by atoms with Crippen LogP contribution in [-0.2, 0) is 9.53 Å². The number of primary amides is 1. The number of hydrogen-bond donors (Lipinski definition) is 2. The molecule has 0 heterocycles. The van der Waals surface area contributed by atoms with Gasteiger partial charge in [-0.25, -0.2) is 4.79 Å². The van der Waals surface area contributed by atoms with Crippen LogP contribution in [0.4, 0.5) is 4.79 Å². The Morgan fingerprint density at radius 1 is 1.17 bits per heavy atom. The molecule has 1 aliphatic rings. The molecule has 0 spiro atoms. The molecule has 6 heteroatoms. The molecule has 23 heavy (non-hydrogen) atoms. The molecule has 1 saturated carbocycles. The Labute approximate surface area is 140 Å². The smallest absolute Gasteiger partial charge is 0.410 e. The second-order valence-corrected chi connectivity index (χ2v) is 8.36. The monoisotopic (exact) mass is 327 g/mol. The van der Waals surface area contributed by atoms with Crippen molar-refractivity contribution < 1.29 is 14.3 Å². The average Bonchev–Trinajstić information content (AvgIpc) is 2.82. The zero-order valence-electron chi connectivity index (χ0n) is 15.4. The van der Waals surface area contributed by atoms with Crippen molar-refractivity contribution in [1.82, 2.24) is 10.2 Å². The number of amides is 2. The number of ether oxygens (including phenoxy) is 1. The van der Waals surface area contributed by atoms with Gasteiger partial charge in [0.25, 0.3) is 0 Å². The summed E-state index contributed by atoms with van der Waals surface area (Å²) in [6, 6.07) is -0.266. The van der Waals surface area contributed by atoms with Gasteiger partial charge in [-0.15, -0.1) is 0 Å². The van der Waals surface area contributed by atoms with E-state index < -0.39 is 29.2 Å². The maximum atomic E-state index is 12.5. The summed E-state index contributed by atoms with van der Waals surface area (Å²) in [6.07, 6.45) is 4.00. The van der Waals surface area contributed by atoms with Crippen LogP contribution in [-0.4, -0.2) is 46.7 Å². The molecule has 3 N–H and O–H groups in total. The molecule has 1 fully saturated rings. The summed E-state index contributed by atoms with van der Waals surface area (Å²) in [5.41, 5.74) is 4.51. The highest BCUT2D eigenvalue weighted by atomic mass is 16.6. The SMILES string of the molecule is CC(C)(C)OC(=O)N(CC(NC1CCCC1)C(N)=O)C(C)(C)C. The lowest BCUT2D eigenvalue weighted by molar-refractivity contribution is -0.120. The van der Waals surface area contributed by atoms with Crippen molar-refractivity contribution in [2.24, 2.45) is 5.73 Å². The van der Waals surface area contributed by atoms with Gasteiger partial charge in [0.2, 0.25) is 5.91 Å². The van der Waals surface area contributed by atoms with Crippen LogP contribution in [0, 0.1) is 0 Å². The highest BCUT2D eigenvalue weighted by molar-refractivity contribution is 5.81. The summed E-state index contributed by atoms with van der Waals surface area (Å²) in [4.78, 5) is 25.9. The van der Waals surface area contributed by atoms with E-state index in [1.54, 1.807) is 4.90 Å². The number of carbonyl (C=O) groups is 2. The highest BCUT2D eigenvalue weighted by Gasteiger charge is 2.34. The molecule has 0 radical (unpaired) electrons. The standard InChI is InChI=1S/C17H33N3O3/c1-16(2,3)20(15(22)23-17(4,5)6)11-13(14(18)21)19-12-9-7-8-10-12/h12-13,19H,7-11H2,1-6H3,(H2,18,21). The number of carbonyl (C=O) groups excluding carboxylic acids is 2. The van der Waals surface area contributed by atoms with Crippen LogP contribution in [0.3, 0.4) is 0 Å². The second-order valence-electron chi connectivity index (χ2n) is 8.36. The molecule has 0 aromatic carbocycles. The van der Waals surface area contributed by atoms with E-state index >= 15 is 0 Å². The van der Waals surface area contributed by atoms with Crippen LogP contribution in [0.2, 0.25) is 0 Å². The third kappa shape index (κ3) is 6.77. The van der Waals surface area contributed by atoms with Crippen LogP contribution in [0.1, 0.15) is 67.2 Å². The van der Waals surface area contributed by atoms with E-state index in [2.05, 4.69) is 5.32 Å². The first-order chi connectivity index (χ1) is 10.4. The fourth-order valence-electron chi connectivity index (χ4n) is 2.72. The molecule has 1 unspecified atom stereocenters. The second kappa shape index (κ2) is 7.51. The predicted octanol–water partition coefficient (Wildman–Crippen LogP) is 2.41. The third-order valence-corrected chi connectivity index (χ3v) is 3.92. The normalized spacial score (nSPS) is 17.8. The Kier molecular flexibility index (Phi) is 6.45. The Morgan fingerprint density at radius 2 is 1.70 bits per heavy atom. The average molecular weight is 327 g/mol. The summed E-state index contributed by atoms with van der Waals surface area (Å²) in [7, 11) is 0. The van der Waals surface area contributed by atoms with Crippen molar-refractivity contribution >= 4 is 12.0 Å². The molecule has 1 atom stereocenters. The van der Waals surface area contributed by atoms with Gasteiger partial charge >= 0.3 is 6.09 Å². The third-order valence-electron chi connectivity index (χ3n) is 3.92. The Bertz CT molecular complexity index is 418. The lowest BCUT2D eigenvalue weighted by Crippen LogP contribution is -2.57. The Hall–Kier alpha value is -1.30. The van der Waals surface area contributed by atoms with Crippen molar-refractivity contribution in [1.29, 1.82) is 0 Å². The minimum absolute atomic E-state index is 0.213. The van der Waals surface area contributed by atoms with Gasteiger partial charge in [-0.1, -0.05) is 12.8 Å². The van der Waals surface area contributed by atoms with Crippen molar-refractivity contribution in [3.63, 3.8) is 0 Å². The zero-order valence-corrected chi connectivity index (χ0v) is 15.4. The van der Waals surface area contributed by atoms with Crippen LogP contribution >= 0.6 is 0 Å². The van der Waals surface area contributed by atoms with Crippen LogP contribution in [0.5, 0.6) is 0 Å². The molecule has 0 saturated heterocycles. The summed E-state index contributed by atoms with van der Waals surface area (Å²) >= 11 is 0. The topological polar surface area (TPSA) is 84.7 Å². The Balaban J connectivity index is 2.83. The molecular weight excluding hydrogens is 294 g/mol. The highest BCUT2D eigenvalue weighted by Crippen LogP contribution is 2.21. The van der Waals surface area contributed by atoms with Gasteiger partial charge < -0.3 is 20.7 Å². The van der Waals surface area contributed by atoms with E-state index in [-0.39, 0.29) is 6.54 Å². The quantitative estimate of drug-likeness (QED) is 0.812. The first kappa shape index (κ1) is 19.7. The van der Waals surface area contributed by atoms with Crippen molar-refractivity contribution in [3.8, 4) is 0 Å². The van der Waals surface area contributed by atoms with Crippen molar-refractivity contribution in [2.45, 2.75) is 90.4 Å². The fourth-order valence-corrected chi connectivity index (χ4v) is 2.72. The van der Waals surface area contributed by atoms with Gasteiger partial charge in [0.05, 0.1) is 0 Å². The molecule has 134 valence electrons. The number of rotatable bonds is 5. The van der Waals surface area contributed by atoms with E-state index in [4.69, 9.17) is 10.5 Å². The van der Waals surface area contributed by atoms with Gasteiger partial charge in [-0.05, 0) is 54.4 Å². The van der Waals surface area contributed by atoms with Gasteiger partial charge in [0, 0.05) is 18.1 Å². The minimum atomic E-state index is -0.582. The van der Waals surface area contributed by atoms with Crippen molar-refractivity contribution in [2.75, 3.05) is 6.54 Å². The Morgan fingerprint density at radius 3 is 2.09 bits per heavy atom. The predicted molar refractivity (Wildman–Crippen MR) is 91.1 cm³/mol. The van der Waals surface area contributed by atoms with Gasteiger partial charge in [0.1, 0.15) is 11.6 Å². The summed E-state index contributed by atoms with van der Waals surface area (Å²) in [5.74, 6) is -0.435. The van der Waals surface area contributed by atoms with Crippen molar-refractivity contribution in [3.05, 3.63) is 0 Å². The lowest BCUT2D eigenvalue weighted by atomic mass is 10.0. The first-order valence-electron chi connectivity index (χ1n) is 8.46. The van der Waals surface area contributed by atoms with E-state index in [1.165, 1.54) is 0 Å². The number of nitrogens with one attached hydrogen (secondary N) is 1. The molecule has 2 amide bonds. The maximum absolute atomic E-state index is 12.5. The van der Waals surface area contributed by atoms with Gasteiger partial charge in [-0.3, -0.25) is 4.79 Å². The van der Waals surface area contributed by atoms with E-state index in [0.717, 1.165) is 25.7 Å². The molecule has 0 aromatic heterocycles. The molecule has 0 bridgehead atoms. The summed E-state index contributed by atoms with van der Waals surface area (Å²) in [5, 5.41) is 3.31. The first-order valence-corrected chi connectivity index (χ1v) is 8.46. The van der Waals surface area contributed by atoms with Gasteiger partial charge in [-0.2, -0.15) is 0 Å². The summed E-state index contributed by atoms with van der Waals surface area (Å²) in [6.45, 7) is 11.5. The van der Waals surface area contributed by atoms with Crippen LogP contribution in [0.25, 0.3) is 0 Å². The number of nitrogens with two attached hydrogens (primary N) is 1. The number of nitrogens with zero attached hydrogens (tertiary/aromatic N) is 1. The van der Waals surface area contributed by atoms with E-state index in [9.17, 15) is 9.59 Å². The van der Waals surface area contributed by atoms with Crippen LogP contribution in [0.15, 0.2) is 0 Å². The molecule has 1 aliphatic carbocycles. The fraction of sp³-hybridized carbons (Fsp3) is 0.882. The number of hydrogen-bond acceptors (Lipinski definition) is 4. The van der Waals surface area contributed by atoms with E-state index in [1.807, 2.05) is 41.5 Å². The van der Waals surface area contributed by atoms with E-state index in [0.29, 0.717) is 6.04 Å². The zero-order chi connectivity index (χ0) is 17.8. The molecule has 1 rings (SSSR count). The largest absolute Gasteiger partial charge is 0.444 e. The maximum Gasteiger partial charge on any atom is 0.410 e. The molecule has 0 aromatic rings. The molecular formula is C17H33N3O3. The molecule has 6 nitrogen and oxygen atoms in total.